The van der Waals surface area contributed by atoms with Crippen molar-refractivity contribution in [1.82, 2.24) is 14.8 Å². The fourth-order valence-corrected chi connectivity index (χ4v) is 3.94. The number of halogens is 2. The Bertz CT molecular complexity index is 898. The number of carbonyl (C=O) groups is 1. The van der Waals surface area contributed by atoms with E-state index in [2.05, 4.69) is 25.8 Å². The molecule has 1 aromatic carbocycles. The molecule has 0 radical (unpaired) electrons. The van der Waals surface area contributed by atoms with E-state index in [1.165, 1.54) is 12.1 Å². The van der Waals surface area contributed by atoms with E-state index >= 15 is 0 Å². The topological polar surface area (TPSA) is 65.9 Å². The number of rotatable bonds is 6. The average Bonchev–Trinajstić information content (AvgIpc) is 2.70. The summed E-state index contributed by atoms with van der Waals surface area (Å²) >= 11 is 3.37. The van der Waals surface area contributed by atoms with Gasteiger partial charge in [-0.15, -0.1) is 0 Å². The number of aliphatic hydroxyl groups excluding tert-OH is 1. The highest BCUT2D eigenvalue weighted by Crippen LogP contribution is 2.28. The van der Waals surface area contributed by atoms with Crippen molar-refractivity contribution >= 4 is 21.8 Å². The average molecular weight is 480 g/mol. The molecule has 0 bridgehead atoms. The van der Waals surface area contributed by atoms with Crippen LogP contribution in [-0.4, -0.2) is 64.7 Å². The molecule has 0 unspecified atom stereocenters. The molecule has 0 fully saturated rings. The molecule has 2 aromatic rings. The first-order valence-corrected chi connectivity index (χ1v) is 10.7. The molecule has 1 aromatic heterocycles. The molecule has 1 aliphatic rings. The number of pyridine rings is 1. The van der Waals surface area contributed by atoms with E-state index in [0.717, 1.165) is 5.56 Å². The third-order valence-electron chi connectivity index (χ3n) is 5.32. The molecule has 0 saturated carbocycles. The standard InChI is InChI=1S/C22H27BrFN3O3/c1-14-10-27(15(2)13-28)22(29)19-8-17(23)9-25-21(19)30-20(14)12-26(3)11-16-5-4-6-18(24)7-16/h4-9,14-15,20,28H,10-13H2,1-3H3/t14-,15+,20+/m1/s1. The second-order valence-electron chi connectivity index (χ2n) is 7.96. The highest BCUT2D eigenvalue weighted by molar-refractivity contribution is 9.10. The van der Waals surface area contributed by atoms with Gasteiger partial charge in [0.15, 0.2) is 0 Å². The molecule has 30 heavy (non-hydrogen) atoms. The molecule has 1 amide bonds. The van der Waals surface area contributed by atoms with Gasteiger partial charge in [-0.2, -0.15) is 0 Å². The number of hydrogen-bond acceptors (Lipinski definition) is 5. The maximum Gasteiger partial charge on any atom is 0.259 e. The lowest BCUT2D eigenvalue weighted by molar-refractivity contribution is 0.0325. The number of fused-ring (bicyclic) bond motifs is 1. The summed E-state index contributed by atoms with van der Waals surface area (Å²) in [6.45, 7) is 5.31. The molecule has 0 aliphatic carbocycles. The van der Waals surface area contributed by atoms with E-state index < -0.39 is 0 Å². The number of likely N-dealkylation sites (N-methyl/N-ethyl adjacent to an activating group) is 1. The maximum atomic E-state index is 13.5. The van der Waals surface area contributed by atoms with E-state index in [-0.39, 0.29) is 42.3 Å². The Morgan fingerprint density at radius 2 is 2.20 bits per heavy atom. The van der Waals surface area contributed by atoms with Crippen molar-refractivity contribution in [3.63, 3.8) is 0 Å². The number of hydrogen-bond donors (Lipinski definition) is 1. The van der Waals surface area contributed by atoms with Gasteiger partial charge >= 0.3 is 0 Å². The predicted octanol–water partition coefficient (Wildman–Crippen LogP) is 3.34. The fraction of sp³-hybridized carbons (Fsp3) is 0.455. The first-order chi connectivity index (χ1) is 14.3. The van der Waals surface area contributed by atoms with E-state index in [1.54, 1.807) is 23.2 Å². The van der Waals surface area contributed by atoms with Gasteiger partial charge in [-0.05, 0) is 53.7 Å². The van der Waals surface area contributed by atoms with Crippen molar-refractivity contribution in [3.05, 3.63) is 57.9 Å². The molecule has 6 nitrogen and oxygen atoms in total. The Labute approximate surface area is 184 Å². The molecule has 3 atom stereocenters. The number of aliphatic hydroxyl groups is 1. The van der Waals surface area contributed by atoms with Crippen LogP contribution in [0.1, 0.15) is 29.8 Å². The van der Waals surface area contributed by atoms with Gasteiger partial charge in [0.05, 0.1) is 12.6 Å². The molecule has 162 valence electrons. The van der Waals surface area contributed by atoms with E-state index in [4.69, 9.17) is 4.74 Å². The third-order valence-corrected chi connectivity index (χ3v) is 5.75. The van der Waals surface area contributed by atoms with Gasteiger partial charge in [-0.3, -0.25) is 9.69 Å². The van der Waals surface area contributed by atoms with Crippen molar-refractivity contribution < 1.29 is 19.0 Å². The molecule has 8 heteroatoms. The maximum absolute atomic E-state index is 13.5. The van der Waals surface area contributed by atoms with Crippen molar-refractivity contribution in [3.8, 4) is 5.88 Å². The summed E-state index contributed by atoms with van der Waals surface area (Å²) in [7, 11) is 1.95. The van der Waals surface area contributed by atoms with Crippen molar-refractivity contribution in [2.75, 3.05) is 26.7 Å². The first-order valence-electron chi connectivity index (χ1n) is 9.95. The number of nitrogens with zero attached hydrogens (tertiary/aromatic N) is 3. The monoisotopic (exact) mass is 479 g/mol. The summed E-state index contributed by atoms with van der Waals surface area (Å²) in [6.07, 6.45) is 1.36. The van der Waals surface area contributed by atoms with Gasteiger partial charge in [0, 0.05) is 36.2 Å². The summed E-state index contributed by atoms with van der Waals surface area (Å²) in [4.78, 5) is 21.2. The van der Waals surface area contributed by atoms with Gasteiger partial charge in [0.1, 0.15) is 17.5 Å². The van der Waals surface area contributed by atoms with Crippen molar-refractivity contribution in [1.29, 1.82) is 0 Å². The van der Waals surface area contributed by atoms with E-state index in [1.807, 2.05) is 27.0 Å². The minimum absolute atomic E-state index is 0.00323. The van der Waals surface area contributed by atoms with Crippen LogP contribution in [0.4, 0.5) is 4.39 Å². The Kier molecular flexibility index (Phi) is 7.44. The Morgan fingerprint density at radius 1 is 1.43 bits per heavy atom. The van der Waals surface area contributed by atoms with Crippen LogP contribution in [0, 0.1) is 11.7 Å². The Hall–Kier alpha value is -2.03. The van der Waals surface area contributed by atoms with Crippen LogP contribution in [0.2, 0.25) is 0 Å². The molecule has 1 aliphatic heterocycles. The lowest BCUT2D eigenvalue weighted by atomic mass is 10.00. The third kappa shape index (κ3) is 5.36. The van der Waals surface area contributed by atoms with E-state index in [9.17, 15) is 14.3 Å². The van der Waals surface area contributed by atoms with Gasteiger partial charge in [-0.25, -0.2) is 9.37 Å². The minimum atomic E-state index is -0.324. The molecular weight excluding hydrogens is 453 g/mol. The summed E-state index contributed by atoms with van der Waals surface area (Å²) in [6, 6.07) is 7.92. The van der Waals surface area contributed by atoms with Crippen LogP contribution in [0.3, 0.4) is 0 Å². The van der Waals surface area contributed by atoms with Crippen LogP contribution in [0.25, 0.3) is 0 Å². The molecule has 1 N–H and O–H groups in total. The number of ether oxygens (including phenoxy) is 1. The molecule has 2 heterocycles. The summed E-state index contributed by atoms with van der Waals surface area (Å²) in [5, 5.41) is 9.66. The minimum Gasteiger partial charge on any atom is -0.472 e. The smallest absolute Gasteiger partial charge is 0.259 e. The molecule has 0 saturated heterocycles. The van der Waals surface area contributed by atoms with Crippen molar-refractivity contribution in [2.24, 2.45) is 5.92 Å². The molecule has 3 rings (SSSR count). The molecule has 0 spiro atoms. The fourth-order valence-electron chi connectivity index (χ4n) is 3.61. The zero-order valence-corrected chi connectivity index (χ0v) is 19.0. The highest BCUT2D eigenvalue weighted by Gasteiger charge is 2.34. The lowest BCUT2D eigenvalue weighted by Crippen LogP contribution is -2.49. The van der Waals surface area contributed by atoms with Gasteiger partial charge in [0.25, 0.3) is 5.91 Å². The number of amides is 1. The Balaban J connectivity index is 1.85. The summed E-state index contributed by atoms with van der Waals surface area (Å²) in [5.41, 5.74) is 1.25. The summed E-state index contributed by atoms with van der Waals surface area (Å²) < 4.78 is 20.4. The summed E-state index contributed by atoms with van der Waals surface area (Å²) in [5.74, 6) is -0.184. The second kappa shape index (κ2) is 9.85. The first kappa shape index (κ1) is 22.7. The largest absolute Gasteiger partial charge is 0.472 e. The quantitative estimate of drug-likeness (QED) is 0.688. The van der Waals surface area contributed by atoms with Crippen LogP contribution >= 0.6 is 15.9 Å². The van der Waals surface area contributed by atoms with Crippen LogP contribution in [-0.2, 0) is 6.54 Å². The molecular formula is C22H27BrFN3O3. The normalized spacial score (nSPS) is 20.4. The van der Waals surface area contributed by atoms with Gasteiger partial charge in [-0.1, -0.05) is 19.1 Å². The van der Waals surface area contributed by atoms with E-state index in [0.29, 0.717) is 29.7 Å². The van der Waals surface area contributed by atoms with Crippen molar-refractivity contribution in [2.45, 2.75) is 32.5 Å². The van der Waals surface area contributed by atoms with Gasteiger partial charge in [0.2, 0.25) is 5.88 Å². The second-order valence-corrected chi connectivity index (χ2v) is 8.87. The van der Waals surface area contributed by atoms with Crippen LogP contribution in [0.15, 0.2) is 41.0 Å². The highest BCUT2D eigenvalue weighted by atomic mass is 79.9. The predicted molar refractivity (Wildman–Crippen MR) is 116 cm³/mol. The zero-order chi connectivity index (χ0) is 21.8. The van der Waals surface area contributed by atoms with Crippen LogP contribution in [0.5, 0.6) is 5.88 Å². The Morgan fingerprint density at radius 3 is 2.90 bits per heavy atom. The number of aromatic nitrogens is 1. The number of benzene rings is 1. The lowest BCUT2D eigenvalue weighted by Gasteiger charge is -2.37. The van der Waals surface area contributed by atoms with Crippen LogP contribution < -0.4 is 4.74 Å². The number of carbonyl (C=O) groups excluding carboxylic acids is 1. The SMILES string of the molecule is C[C@@H]1CN([C@@H](C)CO)C(=O)c2cc(Br)cnc2O[C@H]1CN(C)Cc1cccc(F)c1. The van der Waals surface area contributed by atoms with Gasteiger partial charge < -0.3 is 14.7 Å². The zero-order valence-electron chi connectivity index (χ0n) is 17.4.